The Morgan fingerprint density at radius 1 is 1.40 bits per heavy atom. The number of carbonyl (C=O) groups is 1. The molecule has 4 nitrogen and oxygen atoms in total. The van der Waals surface area contributed by atoms with Gasteiger partial charge in [-0.2, -0.15) is 0 Å². The van der Waals surface area contributed by atoms with Crippen LogP contribution in [0.3, 0.4) is 0 Å². The standard InChI is InChI=1S/C11H18N2O2/c1-2-11(14)12-9-3-5-13(6-4-9)10-7-15-8-10/h2,9-10H,1,3-8H2,(H,12,14). The summed E-state index contributed by atoms with van der Waals surface area (Å²) < 4.78 is 5.17. The molecule has 4 heteroatoms. The van der Waals surface area contributed by atoms with Crippen LogP contribution in [0.25, 0.3) is 0 Å². The van der Waals surface area contributed by atoms with Crippen molar-refractivity contribution in [3.8, 4) is 0 Å². The van der Waals surface area contributed by atoms with Gasteiger partial charge in [0.2, 0.25) is 5.91 Å². The number of ether oxygens (including phenoxy) is 1. The first-order valence-electron chi connectivity index (χ1n) is 5.54. The summed E-state index contributed by atoms with van der Waals surface area (Å²) in [6.07, 6.45) is 3.41. The molecule has 2 aliphatic rings. The van der Waals surface area contributed by atoms with Crippen LogP contribution in [-0.4, -0.2) is 49.2 Å². The molecule has 15 heavy (non-hydrogen) atoms. The van der Waals surface area contributed by atoms with Gasteiger partial charge in [-0.25, -0.2) is 0 Å². The lowest BCUT2D eigenvalue weighted by Gasteiger charge is -2.41. The highest BCUT2D eigenvalue weighted by Gasteiger charge is 2.29. The van der Waals surface area contributed by atoms with E-state index in [2.05, 4.69) is 16.8 Å². The van der Waals surface area contributed by atoms with E-state index < -0.39 is 0 Å². The monoisotopic (exact) mass is 210 g/mol. The third kappa shape index (κ3) is 2.58. The van der Waals surface area contributed by atoms with Crippen molar-refractivity contribution in [2.45, 2.75) is 24.9 Å². The Morgan fingerprint density at radius 2 is 2.07 bits per heavy atom. The number of amides is 1. The van der Waals surface area contributed by atoms with Gasteiger partial charge in [0.1, 0.15) is 0 Å². The van der Waals surface area contributed by atoms with Crippen LogP contribution in [0, 0.1) is 0 Å². The van der Waals surface area contributed by atoms with Crippen LogP contribution < -0.4 is 5.32 Å². The van der Waals surface area contributed by atoms with Crippen molar-refractivity contribution in [2.75, 3.05) is 26.3 Å². The van der Waals surface area contributed by atoms with Crippen LogP contribution in [0.15, 0.2) is 12.7 Å². The topological polar surface area (TPSA) is 41.6 Å². The van der Waals surface area contributed by atoms with Crippen molar-refractivity contribution < 1.29 is 9.53 Å². The van der Waals surface area contributed by atoms with Crippen LogP contribution in [0.5, 0.6) is 0 Å². The van der Waals surface area contributed by atoms with Gasteiger partial charge in [-0.15, -0.1) is 0 Å². The molecule has 0 aromatic rings. The molecule has 2 fully saturated rings. The van der Waals surface area contributed by atoms with Crippen molar-refractivity contribution in [1.82, 2.24) is 10.2 Å². The van der Waals surface area contributed by atoms with E-state index in [0.717, 1.165) is 39.1 Å². The number of nitrogens with one attached hydrogen (secondary N) is 1. The van der Waals surface area contributed by atoms with Gasteiger partial charge in [0.15, 0.2) is 0 Å². The summed E-state index contributed by atoms with van der Waals surface area (Å²) in [5.41, 5.74) is 0. The van der Waals surface area contributed by atoms with Crippen LogP contribution >= 0.6 is 0 Å². The molecule has 0 aromatic heterocycles. The highest BCUT2D eigenvalue weighted by Crippen LogP contribution is 2.17. The first kappa shape index (κ1) is 10.6. The fourth-order valence-electron chi connectivity index (χ4n) is 2.10. The molecule has 0 unspecified atom stereocenters. The number of piperidine rings is 1. The molecule has 0 aliphatic carbocycles. The van der Waals surface area contributed by atoms with Crippen LogP contribution in [0.2, 0.25) is 0 Å². The fourth-order valence-corrected chi connectivity index (χ4v) is 2.10. The summed E-state index contributed by atoms with van der Waals surface area (Å²) in [5.74, 6) is -0.0552. The average Bonchev–Trinajstić information content (AvgIpc) is 2.18. The predicted octanol–water partition coefficient (Wildman–Crippen LogP) is 0.152. The lowest BCUT2D eigenvalue weighted by Crippen LogP contribution is -2.54. The lowest BCUT2D eigenvalue weighted by molar-refractivity contribution is -0.117. The van der Waals surface area contributed by atoms with Crippen LogP contribution in [-0.2, 0) is 9.53 Å². The van der Waals surface area contributed by atoms with Crippen molar-refractivity contribution in [2.24, 2.45) is 0 Å². The van der Waals surface area contributed by atoms with Gasteiger partial charge in [-0.05, 0) is 18.9 Å². The van der Waals surface area contributed by atoms with E-state index in [0.29, 0.717) is 12.1 Å². The third-order valence-corrected chi connectivity index (χ3v) is 3.20. The summed E-state index contributed by atoms with van der Waals surface area (Å²) in [6, 6.07) is 0.953. The highest BCUT2D eigenvalue weighted by molar-refractivity contribution is 5.87. The smallest absolute Gasteiger partial charge is 0.243 e. The zero-order valence-electron chi connectivity index (χ0n) is 8.95. The molecule has 84 valence electrons. The SMILES string of the molecule is C=CC(=O)NC1CCN(C2COC2)CC1. The van der Waals surface area contributed by atoms with Crippen LogP contribution in [0.4, 0.5) is 0 Å². The molecule has 1 amide bonds. The van der Waals surface area contributed by atoms with E-state index in [1.807, 2.05) is 0 Å². The molecular formula is C11H18N2O2. The maximum absolute atomic E-state index is 11.1. The zero-order valence-corrected chi connectivity index (χ0v) is 8.95. The Hall–Kier alpha value is -0.870. The van der Waals surface area contributed by atoms with Gasteiger partial charge < -0.3 is 10.1 Å². The average molecular weight is 210 g/mol. The summed E-state index contributed by atoms with van der Waals surface area (Å²) in [7, 11) is 0. The van der Waals surface area contributed by atoms with Crippen LogP contribution in [0.1, 0.15) is 12.8 Å². The van der Waals surface area contributed by atoms with E-state index in [1.165, 1.54) is 6.08 Å². The Morgan fingerprint density at radius 3 is 2.53 bits per heavy atom. The van der Waals surface area contributed by atoms with Crippen molar-refractivity contribution >= 4 is 5.91 Å². The number of nitrogens with zero attached hydrogens (tertiary/aromatic N) is 1. The van der Waals surface area contributed by atoms with Crippen molar-refractivity contribution in [3.05, 3.63) is 12.7 Å². The zero-order chi connectivity index (χ0) is 10.7. The number of likely N-dealkylation sites (tertiary alicyclic amines) is 1. The van der Waals surface area contributed by atoms with Gasteiger partial charge in [0.25, 0.3) is 0 Å². The first-order chi connectivity index (χ1) is 7.29. The van der Waals surface area contributed by atoms with Gasteiger partial charge in [-0.1, -0.05) is 6.58 Å². The summed E-state index contributed by atoms with van der Waals surface area (Å²) in [4.78, 5) is 13.6. The van der Waals surface area contributed by atoms with E-state index in [1.54, 1.807) is 0 Å². The fraction of sp³-hybridized carbons (Fsp3) is 0.727. The molecule has 2 rings (SSSR count). The quantitative estimate of drug-likeness (QED) is 0.674. The minimum atomic E-state index is -0.0552. The normalized spacial score (nSPS) is 24.5. The Balaban J connectivity index is 1.71. The molecule has 0 radical (unpaired) electrons. The number of carbonyl (C=O) groups excluding carboxylic acids is 1. The highest BCUT2D eigenvalue weighted by atomic mass is 16.5. The summed E-state index contributed by atoms with van der Waals surface area (Å²) in [5, 5.41) is 2.95. The first-order valence-corrected chi connectivity index (χ1v) is 5.54. The largest absolute Gasteiger partial charge is 0.378 e. The maximum Gasteiger partial charge on any atom is 0.243 e. The molecule has 1 N–H and O–H groups in total. The second kappa shape index (κ2) is 4.77. The summed E-state index contributed by atoms with van der Waals surface area (Å²) >= 11 is 0. The molecule has 2 aliphatic heterocycles. The molecule has 0 saturated carbocycles. The molecule has 0 spiro atoms. The van der Waals surface area contributed by atoms with Crippen molar-refractivity contribution in [3.63, 3.8) is 0 Å². The second-order valence-electron chi connectivity index (χ2n) is 4.21. The second-order valence-corrected chi connectivity index (χ2v) is 4.21. The van der Waals surface area contributed by atoms with E-state index in [-0.39, 0.29) is 5.91 Å². The number of hydrogen-bond acceptors (Lipinski definition) is 3. The van der Waals surface area contributed by atoms with E-state index in [9.17, 15) is 4.79 Å². The van der Waals surface area contributed by atoms with Crippen molar-refractivity contribution in [1.29, 1.82) is 0 Å². The molecule has 0 bridgehead atoms. The molecular weight excluding hydrogens is 192 g/mol. The Kier molecular flexibility index (Phi) is 3.38. The van der Waals surface area contributed by atoms with Gasteiger partial charge in [0.05, 0.1) is 19.3 Å². The predicted molar refractivity (Wildman–Crippen MR) is 57.5 cm³/mol. The summed E-state index contributed by atoms with van der Waals surface area (Å²) in [6.45, 7) is 7.34. The molecule has 2 heterocycles. The van der Waals surface area contributed by atoms with Gasteiger partial charge in [-0.3, -0.25) is 9.69 Å². The molecule has 0 atom stereocenters. The molecule has 0 aromatic carbocycles. The maximum atomic E-state index is 11.1. The number of rotatable bonds is 3. The number of hydrogen-bond donors (Lipinski definition) is 1. The minimum Gasteiger partial charge on any atom is -0.378 e. The van der Waals surface area contributed by atoms with Gasteiger partial charge in [0, 0.05) is 19.1 Å². The third-order valence-electron chi connectivity index (χ3n) is 3.20. The molecule has 2 saturated heterocycles. The Bertz CT molecular complexity index is 243. The van der Waals surface area contributed by atoms with Gasteiger partial charge >= 0.3 is 0 Å². The minimum absolute atomic E-state index is 0.0552. The lowest BCUT2D eigenvalue weighted by atomic mass is 10.0. The Labute approximate surface area is 90.3 Å². The van der Waals surface area contributed by atoms with E-state index >= 15 is 0 Å². The van der Waals surface area contributed by atoms with E-state index in [4.69, 9.17) is 4.74 Å².